The molecule has 268 valence electrons. The average Bonchev–Trinajstić information content (AvgIpc) is 3.88. The predicted molar refractivity (Wildman–Crippen MR) is 197 cm³/mol. The van der Waals surface area contributed by atoms with Crippen molar-refractivity contribution in [3.05, 3.63) is 132 Å². The van der Waals surface area contributed by atoms with Crippen molar-refractivity contribution in [1.29, 1.82) is 0 Å². The number of benzene rings is 3. The van der Waals surface area contributed by atoms with Crippen LogP contribution in [0, 0.1) is 0 Å². The molecule has 3 N–H and O–H groups in total. The molecule has 3 aromatic carbocycles. The van der Waals surface area contributed by atoms with Gasteiger partial charge in [0.15, 0.2) is 0 Å². The molecule has 0 saturated heterocycles. The van der Waals surface area contributed by atoms with Crippen LogP contribution in [0.5, 0.6) is 0 Å². The number of amides is 2. The van der Waals surface area contributed by atoms with Crippen LogP contribution in [0.25, 0.3) is 10.2 Å². The highest BCUT2D eigenvalue weighted by Gasteiger charge is 2.35. The molecule has 0 aliphatic heterocycles. The molecule has 2 amide bonds. The van der Waals surface area contributed by atoms with Crippen LogP contribution in [0.2, 0.25) is 0 Å². The number of aliphatic hydroxyl groups is 1. The highest BCUT2D eigenvalue weighted by molar-refractivity contribution is 7.99. The SMILES string of the molecule is COC(=O)NC(C(=O)Nc1cnccc1SCC(CO)N(Cc1cnoc1)S(=O)(=O)c1ccc2ncsc2c1)C(c1ccccc1)c1ccccc1. The van der Waals surface area contributed by atoms with E-state index < -0.39 is 46.6 Å². The Kier molecular flexibility index (Phi) is 11.9. The Balaban J connectivity index is 1.27. The molecule has 0 radical (unpaired) electrons. The van der Waals surface area contributed by atoms with Gasteiger partial charge in [0.25, 0.3) is 0 Å². The number of thiazole rings is 1. The quantitative estimate of drug-likeness (QED) is 0.112. The van der Waals surface area contributed by atoms with Gasteiger partial charge in [-0.05, 0) is 35.4 Å². The van der Waals surface area contributed by atoms with Gasteiger partial charge in [-0.15, -0.1) is 23.1 Å². The third kappa shape index (κ3) is 8.49. The van der Waals surface area contributed by atoms with Crippen molar-refractivity contribution in [2.24, 2.45) is 0 Å². The number of nitrogens with zero attached hydrogens (tertiary/aromatic N) is 4. The molecule has 13 nitrogen and oxygen atoms in total. The number of carbonyl (C=O) groups excluding carboxylic acids is 2. The fraction of sp³-hybridized carbons (Fsp3) is 0.194. The molecule has 6 aromatic rings. The summed E-state index contributed by atoms with van der Waals surface area (Å²) in [6.07, 6.45) is 5.00. The maximum absolute atomic E-state index is 14.2. The molecule has 0 saturated carbocycles. The van der Waals surface area contributed by atoms with Gasteiger partial charge in [0.1, 0.15) is 12.3 Å². The summed E-state index contributed by atoms with van der Waals surface area (Å²) < 4.78 is 40.1. The number of hydrogen-bond acceptors (Lipinski definition) is 12. The first-order valence-electron chi connectivity index (χ1n) is 15.9. The van der Waals surface area contributed by atoms with Crippen LogP contribution in [-0.4, -0.2) is 76.5 Å². The molecule has 3 heterocycles. The Bertz CT molecular complexity index is 2160. The molecular weight excluding hydrogens is 725 g/mol. The summed E-state index contributed by atoms with van der Waals surface area (Å²) in [5.74, 6) is -1.03. The van der Waals surface area contributed by atoms with Gasteiger partial charge in [-0.3, -0.25) is 9.78 Å². The van der Waals surface area contributed by atoms with Gasteiger partial charge in [0.05, 0.1) is 58.5 Å². The summed E-state index contributed by atoms with van der Waals surface area (Å²) in [5.41, 5.74) is 4.73. The number of ether oxygens (including phenoxy) is 1. The number of hydrogen-bond donors (Lipinski definition) is 3. The van der Waals surface area contributed by atoms with E-state index in [-0.39, 0.29) is 17.2 Å². The summed E-state index contributed by atoms with van der Waals surface area (Å²) in [6, 6.07) is 23.1. The van der Waals surface area contributed by atoms with E-state index in [2.05, 4.69) is 25.8 Å². The second kappa shape index (κ2) is 16.9. The first kappa shape index (κ1) is 36.7. The zero-order valence-electron chi connectivity index (χ0n) is 27.7. The molecule has 2 unspecified atom stereocenters. The molecule has 0 bridgehead atoms. The number of aromatic nitrogens is 3. The minimum absolute atomic E-state index is 0.0524. The fourth-order valence-corrected chi connectivity index (χ4v) is 9.22. The lowest BCUT2D eigenvalue weighted by Crippen LogP contribution is -2.48. The number of nitrogens with one attached hydrogen (secondary N) is 2. The van der Waals surface area contributed by atoms with Crippen molar-refractivity contribution in [2.75, 3.05) is 24.8 Å². The van der Waals surface area contributed by atoms with E-state index in [9.17, 15) is 23.1 Å². The Morgan fingerprint density at radius 1 is 1.02 bits per heavy atom. The first-order valence-corrected chi connectivity index (χ1v) is 19.2. The number of thioether (sulfide) groups is 1. The minimum Gasteiger partial charge on any atom is -0.453 e. The normalized spacial score (nSPS) is 12.8. The van der Waals surface area contributed by atoms with Gasteiger partial charge in [-0.25, -0.2) is 18.2 Å². The number of methoxy groups -OCH3 is 1. The lowest BCUT2D eigenvalue weighted by atomic mass is 9.84. The largest absolute Gasteiger partial charge is 0.453 e. The van der Waals surface area contributed by atoms with Gasteiger partial charge >= 0.3 is 6.09 Å². The highest BCUT2D eigenvalue weighted by Crippen LogP contribution is 2.33. The molecule has 6 rings (SSSR count). The third-order valence-corrected chi connectivity index (χ3v) is 12.1. The van der Waals surface area contributed by atoms with E-state index in [4.69, 9.17) is 9.26 Å². The van der Waals surface area contributed by atoms with Crippen LogP contribution >= 0.6 is 23.1 Å². The molecule has 52 heavy (non-hydrogen) atoms. The van der Waals surface area contributed by atoms with E-state index in [0.717, 1.165) is 11.1 Å². The van der Waals surface area contributed by atoms with Crippen molar-refractivity contribution < 1.29 is 32.4 Å². The Morgan fingerprint density at radius 2 is 1.75 bits per heavy atom. The number of carbonyl (C=O) groups is 2. The predicted octanol–water partition coefficient (Wildman–Crippen LogP) is 5.52. The second-order valence-electron chi connectivity index (χ2n) is 11.5. The van der Waals surface area contributed by atoms with Gasteiger partial charge in [-0.1, -0.05) is 65.8 Å². The monoisotopic (exact) mass is 758 g/mol. The van der Waals surface area contributed by atoms with Gasteiger partial charge < -0.3 is 25.0 Å². The number of rotatable bonds is 15. The van der Waals surface area contributed by atoms with Gasteiger partial charge in [0.2, 0.25) is 15.9 Å². The molecule has 2 atom stereocenters. The third-order valence-electron chi connectivity index (χ3n) is 8.21. The molecule has 3 aromatic heterocycles. The zero-order chi connectivity index (χ0) is 36.5. The average molecular weight is 759 g/mol. The Morgan fingerprint density at radius 3 is 2.40 bits per heavy atom. The van der Waals surface area contributed by atoms with Crippen LogP contribution in [0.15, 0.2) is 130 Å². The fourth-order valence-electron chi connectivity index (χ4n) is 5.64. The smallest absolute Gasteiger partial charge is 0.407 e. The minimum atomic E-state index is -4.14. The summed E-state index contributed by atoms with van der Waals surface area (Å²) in [4.78, 5) is 35.9. The van der Waals surface area contributed by atoms with Gasteiger partial charge in [0, 0.05) is 34.9 Å². The van der Waals surface area contributed by atoms with Crippen molar-refractivity contribution >= 4 is 61.0 Å². The van der Waals surface area contributed by atoms with Gasteiger partial charge in [-0.2, -0.15) is 4.31 Å². The Labute approximate surface area is 308 Å². The molecule has 0 aliphatic carbocycles. The lowest BCUT2D eigenvalue weighted by Gasteiger charge is -2.29. The molecule has 0 fully saturated rings. The first-order chi connectivity index (χ1) is 25.3. The van der Waals surface area contributed by atoms with E-state index in [1.54, 1.807) is 29.9 Å². The number of aliphatic hydroxyl groups excluding tert-OH is 1. The number of fused-ring (bicyclic) bond motifs is 1. The van der Waals surface area contributed by atoms with Crippen molar-refractivity contribution in [3.63, 3.8) is 0 Å². The number of sulfonamides is 1. The summed E-state index contributed by atoms with van der Waals surface area (Å²) in [6.45, 7) is -0.617. The van der Waals surface area contributed by atoms with Crippen molar-refractivity contribution in [1.82, 2.24) is 24.7 Å². The van der Waals surface area contributed by atoms with E-state index in [1.165, 1.54) is 59.2 Å². The van der Waals surface area contributed by atoms with Crippen LogP contribution in [0.3, 0.4) is 0 Å². The second-order valence-corrected chi connectivity index (χ2v) is 15.3. The van der Waals surface area contributed by atoms with Crippen molar-refractivity contribution in [3.8, 4) is 0 Å². The zero-order valence-corrected chi connectivity index (χ0v) is 30.2. The Hall–Kier alpha value is -5.13. The molecular formula is C36H34N6O7S3. The standard InChI is InChI=1S/C36H34N6O7S3/c1-48-36(45)41-34(33(25-8-4-2-5-9-25)26-10-6-3-7-11-26)35(44)40-30-18-37-15-14-31(30)50-22-27(20-43)42(19-24-17-39-49-21-24)52(46,47)28-12-13-29-32(16-28)51-23-38-29/h2-18,21,23,27,33-34,43H,19-20,22H2,1H3,(H,40,44)(H,41,45). The molecule has 16 heteroatoms. The van der Waals surface area contributed by atoms with Crippen LogP contribution < -0.4 is 10.6 Å². The highest BCUT2D eigenvalue weighted by atomic mass is 32.2. The van der Waals surface area contributed by atoms with Crippen LogP contribution in [0.1, 0.15) is 22.6 Å². The molecule has 0 spiro atoms. The summed E-state index contributed by atoms with van der Waals surface area (Å²) in [5, 5.41) is 20.0. The van der Waals surface area contributed by atoms with E-state index in [0.29, 0.717) is 26.4 Å². The lowest BCUT2D eigenvalue weighted by molar-refractivity contribution is -0.118. The summed E-state index contributed by atoms with van der Waals surface area (Å²) >= 11 is 2.55. The topological polar surface area (TPSA) is 177 Å². The maximum atomic E-state index is 14.2. The summed E-state index contributed by atoms with van der Waals surface area (Å²) in [7, 11) is -2.92. The molecule has 0 aliphatic rings. The van der Waals surface area contributed by atoms with Crippen molar-refractivity contribution in [2.45, 2.75) is 34.3 Å². The van der Waals surface area contributed by atoms with E-state index >= 15 is 0 Å². The number of anilines is 1. The van der Waals surface area contributed by atoms with Crippen LogP contribution in [0.4, 0.5) is 10.5 Å². The number of pyridine rings is 1. The van der Waals surface area contributed by atoms with Crippen LogP contribution in [-0.2, 0) is 26.1 Å². The maximum Gasteiger partial charge on any atom is 0.407 e. The number of alkyl carbamates (subject to hydrolysis) is 1. The van der Waals surface area contributed by atoms with E-state index in [1.807, 2.05) is 60.7 Å².